The summed E-state index contributed by atoms with van der Waals surface area (Å²) in [4.78, 5) is 9.99. The highest BCUT2D eigenvalue weighted by Crippen LogP contribution is 2.32. The second kappa shape index (κ2) is 4.60. The zero-order chi connectivity index (χ0) is 14.1. The first-order valence-corrected chi connectivity index (χ1v) is 6.42. The highest BCUT2D eigenvalue weighted by atomic mass is 32.2. The van der Waals surface area contributed by atoms with Gasteiger partial charge in [-0.15, -0.1) is 0 Å². The quantitative estimate of drug-likeness (QED) is 0.922. The Bertz CT molecular complexity index is 575. The number of sulfone groups is 1. The van der Waals surface area contributed by atoms with Gasteiger partial charge >= 0.3 is 12.1 Å². The SMILES string of the molecule is CCS(=O)(=O)c1cc(C(F)(F)F)ccc1C(=O)O. The fraction of sp³-hybridized carbons (Fsp3) is 0.300. The Labute approximate surface area is 101 Å². The van der Waals surface area contributed by atoms with Crippen molar-refractivity contribution in [1.29, 1.82) is 0 Å². The molecule has 0 spiro atoms. The van der Waals surface area contributed by atoms with Crippen molar-refractivity contribution < 1.29 is 31.5 Å². The molecule has 1 rings (SSSR count). The van der Waals surface area contributed by atoms with Crippen LogP contribution in [-0.2, 0) is 16.0 Å². The molecule has 100 valence electrons. The molecule has 1 N–H and O–H groups in total. The van der Waals surface area contributed by atoms with Gasteiger partial charge in [0.2, 0.25) is 0 Å². The van der Waals surface area contributed by atoms with Gasteiger partial charge < -0.3 is 5.11 Å². The number of carboxylic acid groups (broad SMARTS) is 1. The molecule has 0 radical (unpaired) electrons. The molecule has 8 heteroatoms. The molecule has 0 amide bonds. The van der Waals surface area contributed by atoms with Crippen LogP contribution in [0.4, 0.5) is 13.2 Å². The summed E-state index contributed by atoms with van der Waals surface area (Å²) in [7, 11) is -4.04. The van der Waals surface area contributed by atoms with Crippen molar-refractivity contribution in [3.8, 4) is 0 Å². The monoisotopic (exact) mass is 282 g/mol. The number of alkyl halides is 3. The van der Waals surface area contributed by atoms with E-state index in [2.05, 4.69) is 0 Å². The molecule has 4 nitrogen and oxygen atoms in total. The Balaban J connectivity index is 3.59. The maximum Gasteiger partial charge on any atom is 0.416 e. The van der Waals surface area contributed by atoms with Crippen LogP contribution >= 0.6 is 0 Å². The smallest absolute Gasteiger partial charge is 0.416 e. The third-order valence-corrected chi connectivity index (χ3v) is 4.02. The summed E-state index contributed by atoms with van der Waals surface area (Å²) in [5.74, 6) is -2.06. The van der Waals surface area contributed by atoms with Gasteiger partial charge in [-0.05, 0) is 18.2 Å². The number of carbonyl (C=O) groups is 1. The van der Waals surface area contributed by atoms with E-state index in [1.165, 1.54) is 6.92 Å². The van der Waals surface area contributed by atoms with Gasteiger partial charge in [0.15, 0.2) is 9.84 Å². The van der Waals surface area contributed by atoms with Crippen LogP contribution in [0, 0.1) is 0 Å². The predicted molar refractivity (Wildman–Crippen MR) is 56.1 cm³/mol. The Hall–Kier alpha value is -1.57. The summed E-state index contributed by atoms with van der Waals surface area (Å²) >= 11 is 0. The third kappa shape index (κ3) is 2.81. The summed E-state index contributed by atoms with van der Waals surface area (Å²) in [5, 5.41) is 8.77. The number of halogens is 3. The van der Waals surface area contributed by atoms with Gasteiger partial charge in [0.25, 0.3) is 0 Å². The molecule has 0 fully saturated rings. The van der Waals surface area contributed by atoms with E-state index in [4.69, 9.17) is 5.11 Å². The summed E-state index contributed by atoms with van der Waals surface area (Å²) < 4.78 is 60.5. The first kappa shape index (κ1) is 14.5. The fourth-order valence-corrected chi connectivity index (χ4v) is 2.40. The zero-order valence-electron chi connectivity index (χ0n) is 9.15. The van der Waals surface area contributed by atoms with Crippen molar-refractivity contribution in [2.24, 2.45) is 0 Å². The average molecular weight is 282 g/mol. The lowest BCUT2D eigenvalue weighted by atomic mass is 10.1. The molecule has 0 saturated carbocycles. The summed E-state index contributed by atoms with van der Waals surface area (Å²) in [6.07, 6.45) is -4.73. The van der Waals surface area contributed by atoms with Gasteiger partial charge in [-0.1, -0.05) is 6.92 Å². The van der Waals surface area contributed by atoms with E-state index in [0.29, 0.717) is 18.2 Å². The van der Waals surface area contributed by atoms with Gasteiger partial charge in [0, 0.05) is 0 Å². The fourth-order valence-electron chi connectivity index (χ4n) is 1.29. The molecule has 0 atom stereocenters. The molecule has 18 heavy (non-hydrogen) atoms. The number of aromatic carboxylic acids is 1. The first-order valence-electron chi connectivity index (χ1n) is 4.77. The van der Waals surface area contributed by atoms with E-state index in [-0.39, 0.29) is 0 Å². The summed E-state index contributed by atoms with van der Waals surface area (Å²) in [5.41, 5.74) is -1.86. The third-order valence-electron chi connectivity index (χ3n) is 2.25. The lowest BCUT2D eigenvalue weighted by Crippen LogP contribution is -2.14. The van der Waals surface area contributed by atoms with Crippen LogP contribution in [-0.4, -0.2) is 25.2 Å². The minimum atomic E-state index is -4.73. The highest BCUT2D eigenvalue weighted by Gasteiger charge is 2.33. The number of benzene rings is 1. The number of hydrogen-bond acceptors (Lipinski definition) is 3. The minimum Gasteiger partial charge on any atom is -0.478 e. The van der Waals surface area contributed by atoms with Crippen molar-refractivity contribution in [2.45, 2.75) is 18.0 Å². The van der Waals surface area contributed by atoms with Crippen LogP contribution in [0.3, 0.4) is 0 Å². The molecule has 0 aromatic heterocycles. The summed E-state index contributed by atoms with van der Waals surface area (Å²) in [6, 6.07) is 1.54. The highest BCUT2D eigenvalue weighted by molar-refractivity contribution is 7.91. The van der Waals surface area contributed by atoms with Gasteiger partial charge in [-0.25, -0.2) is 13.2 Å². The van der Waals surface area contributed by atoms with E-state index in [1.54, 1.807) is 0 Å². The second-order valence-electron chi connectivity index (χ2n) is 3.42. The molecule has 0 aliphatic heterocycles. The van der Waals surface area contributed by atoms with E-state index >= 15 is 0 Å². The maximum atomic E-state index is 12.5. The van der Waals surface area contributed by atoms with Crippen LogP contribution in [0.2, 0.25) is 0 Å². The van der Waals surface area contributed by atoms with E-state index < -0.39 is 43.8 Å². The van der Waals surface area contributed by atoms with Crippen molar-refractivity contribution in [2.75, 3.05) is 5.75 Å². The Morgan fingerprint density at radius 3 is 2.28 bits per heavy atom. The largest absolute Gasteiger partial charge is 0.478 e. The van der Waals surface area contributed by atoms with Gasteiger partial charge in [0.1, 0.15) is 0 Å². The maximum absolute atomic E-state index is 12.5. The van der Waals surface area contributed by atoms with Crippen LogP contribution in [0.5, 0.6) is 0 Å². The standard InChI is InChI=1S/C10H9F3O4S/c1-2-18(16,17)8-5-6(10(11,12)13)3-4-7(8)9(14)15/h3-5H,2H2,1H3,(H,14,15). The Morgan fingerprint density at radius 1 is 1.33 bits per heavy atom. The van der Waals surface area contributed by atoms with Gasteiger partial charge in [-0.2, -0.15) is 13.2 Å². The predicted octanol–water partition coefficient (Wildman–Crippen LogP) is 2.20. The number of carboxylic acids is 1. The van der Waals surface area contributed by atoms with Crippen molar-refractivity contribution in [3.63, 3.8) is 0 Å². The van der Waals surface area contributed by atoms with Crippen molar-refractivity contribution >= 4 is 15.8 Å². The molecule has 1 aromatic carbocycles. The number of rotatable bonds is 3. The molecule has 1 aromatic rings. The van der Waals surface area contributed by atoms with E-state index in [1.807, 2.05) is 0 Å². The lowest BCUT2D eigenvalue weighted by molar-refractivity contribution is -0.137. The van der Waals surface area contributed by atoms with E-state index in [0.717, 1.165) is 0 Å². The Morgan fingerprint density at radius 2 is 1.89 bits per heavy atom. The summed E-state index contributed by atoms with van der Waals surface area (Å²) in [6.45, 7) is 1.22. The van der Waals surface area contributed by atoms with Crippen LogP contribution < -0.4 is 0 Å². The first-order chi connectivity index (χ1) is 8.09. The molecule has 0 aliphatic carbocycles. The lowest BCUT2D eigenvalue weighted by Gasteiger charge is -2.11. The minimum absolute atomic E-state index is 0.349. The topological polar surface area (TPSA) is 71.4 Å². The molecule has 0 aliphatic rings. The molecule has 0 unspecified atom stereocenters. The van der Waals surface area contributed by atoms with Crippen LogP contribution in [0.25, 0.3) is 0 Å². The van der Waals surface area contributed by atoms with Crippen LogP contribution in [0.1, 0.15) is 22.8 Å². The van der Waals surface area contributed by atoms with Crippen LogP contribution in [0.15, 0.2) is 23.1 Å². The van der Waals surface area contributed by atoms with Gasteiger partial charge in [-0.3, -0.25) is 0 Å². The molecule has 0 bridgehead atoms. The Kier molecular flexibility index (Phi) is 3.70. The van der Waals surface area contributed by atoms with E-state index in [9.17, 15) is 26.4 Å². The average Bonchev–Trinajstić information content (AvgIpc) is 2.27. The second-order valence-corrected chi connectivity index (χ2v) is 5.66. The zero-order valence-corrected chi connectivity index (χ0v) is 9.97. The molecular weight excluding hydrogens is 273 g/mol. The normalized spacial score (nSPS) is 12.4. The molecular formula is C10H9F3O4S. The molecule has 0 saturated heterocycles. The van der Waals surface area contributed by atoms with Crippen molar-refractivity contribution in [3.05, 3.63) is 29.3 Å². The van der Waals surface area contributed by atoms with Gasteiger partial charge in [0.05, 0.1) is 21.8 Å². The van der Waals surface area contributed by atoms with Crippen molar-refractivity contribution in [1.82, 2.24) is 0 Å². The number of hydrogen-bond donors (Lipinski definition) is 1. The molecule has 0 heterocycles.